The van der Waals surface area contributed by atoms with Crippen LogP contribution in [0, 0.1) is 11.8 Å². The minimum atomic E-state index is -0.870. The maximum atomic E-state index is 13.3. The first-order valence-corrected chi connectivity index (χ1v) is 10.4. The molecule has 29 heavy (non-hydrogen) atoms. The van der Waals surface area contributed by atoms with E-state index >= 15 is 0 Å². The van der Waals surface area contributed by atoms with Crippen LogP contribution in [0.5, 0.6) is 0 Å². The predicted molar refractivity (Wildman–Crippen MR) is 113 cm³/mol. The molecule has 2 amide bonds. The normalized spacial score (nSPS) is 17.9. The Balaban J connectivity index is 1.81. The number of hydrogen-bond donors (Lipinski definition) is 3. The van der Waals surface area contributed by atoms with E-state index in [2.05, 4.69) is 31.2 Å². The van der Waals surface area contributed by atoms with Crippen molar-refractivity contribution in [1.29, 1.82) is 0 Å². The summed E-state index contributed by atoms with van der Waals surface area (Å²) in [7, 11) is 0. The Bertz CT molecular complexity index is 852. The average molecular weight is 464 g/mol. The fourth-order valence-electron chi connectivity index (χ4n) is 3.43. The van der Waals surface area contributed by atoms with Gasteiger partial charge in [-0.3, -0.25) is 4.79 Å². The Morgan fingerprint density at radius 3 is 2.72 bits per heavy atom. The van der Waals surface area contributed by atoms with Crippen molar-refractivity contribution in [3.05, 3.63) is 40.8 Å². The summed E-state index contributed by atoms with van der Waals surface area (Å²) < 4.78 is 5.94. The summed E-state index contributed by atoms with van der Waals surface area (Å²) in [5.74, 6) is 0.215. The number of aromatic amines is 1. The molecule has 1 aliphatic rings. The van der Waals surface area contributed by atoms with Gasteiger partial charge in [0, 0.05) is 24.1 Å². The Morgan fingerprint density at radius 1 is 1.34 bits per heavy atom. The maximum absolute atomic E-state index is 13.3. The van der Waals surface area contributed by atoms with Crippen LogP contribution in [0.1, 0.15) is 25.7 Å². The number of nitrogens with one attached hydrogen (secondary N) is 2. The molecule has 0 radical (unpaired) electrons. The van der Waals surface area contributed by atoms with E-state index < -0.39 is 12.0 Å². The molecule has 3 rings (SSSR count). The number of nitrogens with two attached hydrogens (primary N) is 1. The van der Waals surface area contributed by atoms with Crippen molar-refractivity contribution in [1.82, 2.24) is 20.2 Å². The summed E-state index contributed by atoms with van der Waals surface area (Å²) in [6.07, 6.45) is 0.914. The van der Waals surface area contributed by atoms with E-state index in [-0.39, 0.29) is 24.5 Å². The van der Waals surface area contributed by atoms with Gasteiger partial charge >= 0.3 is 6.09 Å². The van der Waals surface area contributed by atoms with Gasteiger partial charge in [-0.1, -0.05) is 41.9 Å². The first kappa shape index (κ1) is 21.3. The second-order valence-electron chi connectivity index (χ2n) is 7.42. The molecule has 0 saturated carbocycles. The summed E-state index contributed by atoms with van der Waals surface area (Å²) in [6.45, 7) is 5.69. The standard InChI is InChI=1S/C20H26BrN5O3/c1-12(2)15(11-29-20(22)28)19(27)26-8-7-23-10-17(26)18-24-9-16(25-18)13-3-5-14(21)6-4-13/h3-6,9,12,15,17,23H,7-8,10-11H2,1-2H3,(H2,22,28)(H,24,25). The molecule has 4 N–H and O–H groups in total. The van der Waals surface area contributed by atoms with E-state index in [1.165, 1.54) is 0 Å². The molecule has 1 aliphatic heterocycles. The second-order valence-corrected chi connectivity index (χ2v) is 8.34. The number of imidazole rings is 1. The van der Waals surface area contributed by atoms with Crippen LogP contribution in [0.2, 0.25) is 0 Å². The van der Waals surface area contributed by atoms with Crippen molar-refractivity contribution in [2.45, 2.75) is 19.9 Å². The number of carbonyl (C=O) groups is 2. The molecule has 0 aliphatic carbocycles. The summed E-state index contributed by atoms with van der Waals surface area (Å²) in [4.78, 5) is 34.0. The van der Waals surface area contributed by atoms with Crippen molar-refractivity contribution in [3.8, 4) is 11.3 Å². The van der Waals surface area contributed by atoms with Gasteiger partial charge in [-0.15, -0.1) is 0 Å². The van der Waals surface area contributed by atoms with E-state index in [0.717, 1.165) is 21.6 Å². The Labute approximate surface area is 178 Å². The summed E-state index contributed by atoms with van der Waals surface area (Å²) >= 11 is 3.44. The predicted octanol–water partition coefficient (Wildman–Crippen LogP) is 2.68. The van der Waals surface area contributed by atoms with E-state index in [0.29, 0.717) is 19.6 Å². The minimum Gasteiger partial charge on any atom is -0.449 e. The molecule has 1 aromatic heterocycles. The number of H-pyrrole nitrogens is 1. The number of nitrogens with zero attached hydrogens (tertiary/aromatic N) is 2. The van der Waals surface area contributed by atoms with E-state index in [9.17, 15) is 9.59 Å². The molecule has 1 fully saturated rings. The van der Waals surface area contributed by atoms with Crippen LogP contribution in [0.4, 0.5) is 4.79 Å². The van der Waals surface area contributed by atoms with Crippen LogP contribution in [-0.2, 0) is 9.53 Å². The molecule has 9 heteroatoms. The first-order chi connectivity index (χ1) is 13.9. The third-order valence-corrected chi connectivity index (χ3v) is 5.65. The topological polar surface area (TPSA) is 113 Å². The number of piperazine rings is 1. The highest BCUT2D eigenvalue weighted by molar-refractivity contribution is 9.10. The van der Waals surface area contributed by atoms with Gasteiger partial charge in [-0.25, -0.2) is 9.78 Å². The molecule has 1 saturated heterocycles. The zero-order valence-corrected chi connectivity index (χ0v) is 18.1. The molecule has 156 valence electrons. The van der Waals surface area contributed by atoms with Gasteiger partial charge in [-0.2, -0.15) is 0 Å². The fraction of sp³-hybridized carbons (Fsp3) is 0.450. The highest BCUT2D eigenvalue weighted by atomic mass is 79.9. The van der Waals surface area contributed by atoms with Crippen LogP contribution < -0.4 is 11.1 Å². The van der Waals surface area contributed by atoms with Gasteiger partial charge in [0.2, 0.25) is 5.91 Å². The van der Waals surface area contributed by atoms with Gasteiger partial charge in [0.05, 0.1) is 17.8 Å². The lowest BCUT2D eigenvalue weighted by atomic mass is 9.94. The van der Waals surface area contributed by atoms with Crippen molar-refractivity contribution in [2.75, 3.05) is 26.2 Å². The summed E-state index contributed by atoms with van der Waals surface area (Å²) in [6, 6.07) is 7.72. The molecule has 2 heterocycles. The first-order valence-electron chi connectivity index (χ1n) is 9.61. The number of ether oxygens (including phenoxy) is 1. The third-order valence-electron chi connectivity index (χ3n) is 5.12. The van der Waals surface area contributed by atoms with Crippen LogP contribution >= 0.6 is 15.9 Å². The molecule has 0 spiro atoms. The molecule has 0 bridgehead atoms. The molecule has 2 atom stereocenters. The Kier molecular flexibility index (Phi) is 6.92. The van der Waals surface area contributed by atoms with E-state index in [1.807, 2.05) is 43.0 Å². The molecular weight excluding hydrogens is 438 g/mol. The SMILES string of the molecule is CC(C)C(COC(N)=O)C(=O)N1CCNCC1c1ncc(-c2ccc(Br)cc2)[nH]1. The maximum Gasteiger partial charge on any atom is 0.404 e. The summed E-state index contributed by atoms with van der Waals surface area (Å²) in [5.41, 5.74) is 7.00. The molecule has 8 nitrogen and oxygen atoms in total. The highest BCUT2D eigenvalue weighted by Crippen LogP contribution is 2.27. The number of aromatic nitrogens is 2. The zero-order chi connectivity index (χ0) is 21.0. The molecule has 2 aromatic rings. The van der Waals surface area contributed by atoms with E-state index in [4.69, 9.17) is 10.5 Å². The fourth-order valence-corrected chi connectivity index (χ4v) is 3.69. The number of amides is 2. The zero-order valence-electron chi connectivity index (χ0n) is 16.5. The van der Waals surface area contributed by atoms with E-state index in [1.54, 1.807) is 6.20 Å². The van der Waals surface area contributed by atoms with Crippen LogP contribution in [0.3, 0.4) is 0 Å². The summed E-state index contributed by atoms with van der Waals surface area (Å²) in [5, 5.41) is 3.33. The largest absolute Gasteiger partial charge is 0.449 e. The lowest BCUT2D eigenvalue weighted by molar-refractivity contribution is -0.142. The molecule has 2 unspecified atom stereocenters. The molecule has 1 aromatic carbocycles. The number of benzene rings is 1. The minimum absolute atomic E-state index is 0.00677. The highest BCUT2D eigenvalue weighted by Gasteiger charge is 2.35. The van der Waals surface area contributed by atoms with Crippen molar-refractivity contribution < 1.29 is 14.3 Å². The van der Waals surface area contributed by atoms with Crippen molar-refractivity contribution in [2.24, 2.45) is 17.6 Å². The third kappa shape index (κ3) is 5.16. The van der Waals surface area contributed by atoms with Gasteiger partial charge < -0.3 is 25.7 Å². The lowest BCUT2D eigenvalue weighted by Crippen LogP contribution is -2.52. The number of carbonyl (C=O) groups excluding carboxylic acids is 2. The van der Waals surface area contributed by atoms with Gasteiger partial charge in [0.1, 0.15) is 18.5 Å². The Hall–Kier alpha value is -2.39. The van der Waals surface area contributed by atoms with Crippen molar-refractivity contribution >= 4 is 27.9 Å². The lowest BCUT2D eigenvalue weighted by Gasteiger charge is -2.38. The average Bonchev–Trinajstić information content (AvgIpc) is 3.18. The number of rotatable bonds is 6. The number of primary amides is 1. The van der Waals surface area contributed by atoms with Crippen LogP contribution in [0.15, 0.2) is 34.9 Å². The number of hydrogen-bond acceptors (Lipinski definition) is 5. The quantitative estimate of drug-likeness (QED) is 0.609. The van der Waals surface area contributed by atoms with Gasteiger partial charge in [-0.05, 0) is 23.6 Å². The molecular formula is C20H26BrN5O3. The number of halogens is 1. The monoisotopic (exact) mass is 463 g/mol. The van der Waals surface area contributed by atoms with Gasteiger partial charge in [0.15, 0.2) is 0 Å². The second kappa shape index (κ2) is 9.41. The Morgan fingerprint density at radius 2 is 2.07 bits per heavy atom. The van der Waals surface area contributed by atoms with Crippen LogP contribution in [0.25, 0.3) is 11.3 Å². The van der Waals surface area contributed by atoms with Gasteiger partial charge in [0.25, 0.3) is 0 Å². The van der Waals surface area contributed by atoms with Crippen LogP contribution in [-0.4, -0.2) is 53.1 Å². The smallest absolute Gasteiger partial charge is 0.404 e. The van der Waals surface area contributed by atoms with Crippen molar-refractivity contribution in [3.63, 3.8) is 0 Å².